The van der Waals surface area contributed by atoms with Crippen molar-refractivity contribution in [3.05, 3.63) is 52.7 Å². The highest BCUT2D eigenvalue weighted by molar-refractivity contribution is 5.23. The van der Waals surface area contributed by atoms with Crippen molar-refractivity contribution in [2.24, 2.45) is 5.92 Å². The minimum absolute atomic E-state index is 0.414. The van der Waals surface area contributed by atoms with Gasteiger partial charge < -0.3 is 9.73 Å². The van der Waals surface area contributed by atoms with Gasteiger partial charge in [-0.25, -0.2) is 4.98 Å². The highest BCUT2D eigenvalue weighted by atomic mass is 16.4. The molecule has 1 aromatic heterocycles. The fourth-order valence-corrected chi connectivity index (χ4v) is 3.46. The molecular weight excluding hydrogens is 310 g/mol. The molecular formula is C21H31N3O. The number of rotatable bonds is 6. The number of aromatic nitrogens is 1. The molecule has 2 aromatic rings. The number of hydrogen-bond donors (Lipinski definition) is 1. The van der Waals surface area contributed by atoms with Gasteiger partial charge in [0.1, 0.15) is 5.76 Å². The largest absolute Gasteiger partial charge is 0.444 e. The van der Waals surface area contributed by atoms with E-state index in [4.69, 9.17) is 4.42 Å². The molecule has 4 heteroatoms. The molecule has 1 saturated heterocycles. The van der Waals surface area contributed by atoms with Crippen molar-refractivity contribution in [1.82, 2.24) is 15.2 Å². The molecule has 1 N–H and O–H groups in total. The molecule has 1 aliphatic heterocycles. The summed E-state index contributed by atoms with van der Waals surface area (Å²) in [6, 6.07) is 9.26. The zero-order valence-electron chi connectivity index (χ0n) is 16.0. The summed E-state index contributed by atoms with van der Waals surface area (Å²) in [6.07, 6.45) is 2.48. The Kier molecular flexibility index (Phi) is 5.92. The average molecular weight is 341 g/mol. The first-order valence-electron chi connectivity index (χ1n) is 9.46. The third-order valence-corrected chi connectivity index (χ3v) is 5.43. The lowest BCUT2D eigenvalue weighted by Crippen LogP contribution is -2.37. The normalized spacial score (nSPS) is 17.8. The lowest BCUT2D eigenvalue weighted by atomic mass is 9.96. The zero-order valence-corrected chi connectivity index (χ0v) is 16.0. The average Bonchev–Trinajstić information content (AvgIpc) is 2.92. The van der Waals surface area contributed by atoms with E-state index in [1.165, 1.54) is 24.0 Å². The van der Waals surface area contributed by atoms with Gasteiger partial charge in [0.2, 0.25) is 5.89 Å². The van der Waals surface area contributed by atoms with Crippen LogP contribution in [0, 0.1) is 26.7 Å². The van der Waals surface area contributed by atoms with Crippen LogP contribution in [-0.2, 0) is 6.54 Å². The number of oxazole rings is 1. The molecule has 25 heavy (non-hydrogen) atoms. The fourth-order valence-electron chi connectivity index (χ4n) is 3.46. The smallest absolute Gasteiger partial charge is 0.208 e. The number of nitrogens with one attached hydrogen (secondary N) is 1. The third-order valence-electron chi connectivity index (χ3n) is 5.43. The first kappa shape index (κ1) is 18.2. The number of aryl methyl sites for hydroxylation is 3. The predicted molar refractivity (Wildman–Crippen MR) is 102 cm³/mol. The summed E-state index contributed by atoms with van der Waals surface area (Å²) in [5.74, 6) is 2.57. The molecule has 1 aromatic carbocycles. The van der Waals surface area contributed by atoms with Crippen LogP contribution in [0.3, 0.4) is 0 Å². The molecule has 0 bridgehead atoms. The SMILES string of the molecule is Cc1ccc([C@H](C)NCC2CCN(Cc3nc(C)c(C)o3)CC2)cc1. The van der Waals surface area contributed by atoms with Crippen molar-refractivity contribution in [3.63, 3.8) is 0 Å². The standard InChI is InChI=1S/C21H31N3O/c1-15-5-7-20(8-6-15)17(3)22-13-19-9-11-24(12-10-19)14-21-23-16(2)18(4)25-21/h5-8,17,19,22H,9-14H2,1-4H3/t17-/m0/s1. The van der Waals surface area contributed by atoms with Crippen LogP contribution in [0.5, 0.6) is 0 Å². The molecule has 1 fully saturated rings. The van der Waals surface area contributed by atoms with Crippen molar-refractivity contribution in [2.75, 3.05) is 19.6 Å². The van der Waals surface area contributed by atoms with E-state index < -0.39 is 0 Å². The molecule has 1 atom stereocenters. The Hall–Kier alpha value is -1.65. The number of hydrogen-bond acceptors (Lipinski definition) is 4. The number of piperidine rings is 1. The number of nitrogens with zero attached hydrogens (tertiary/aromatic N) is 2. The summed E-state index contributed by atoms with van der Waals surface area (Å²) in [7, 11) is 0. The van der Waals surface area contributed by atoms with Crippen molar-refractivity contribution in [2.45, 2.75) is 53.1 Å². The highest BCUT2D eigenvalue weighted by Gasteiger charge is 2.21. The molecule has 0 unspecified atom stereocenters. The van der Waals surface area contributed by atoms with Crippen LogP contribution < -0.4 is 5.32 Å². The van der Waals surface area contributed by atoms with E-state index in [1.54, 1.807) is 0 Å². The van der Waals surface area contributed by atoms with Gasteiger partial charge in [-0.1, -0.05) is 29.8 Å². The van der Waals surface area contributed by atoms with Crippen molar-refractivity contribution in [1.29, 1.82) is 0 Å². The van der Waals surface area contributed by atoms with Crippen molar-refractivity contribution >= 4 is 0 Å². The predicted octanol–water partition coefficient (Wildman–Crippen LogP) is 4.16. The molecule has 0 spiro atoms. The Morgan fingerprint density at radius 2 is 1.84 bits per heavy atom. The Labute approximate surface area is 151 Å². The minimum atomic E-state index is 0.414. The van der Waals surface area contributed by atoms with Gasteiger partial charge in [0.05, 0.1) is 12.2 Å². The van der Waals surface area contributed by atoms with E-state index in [-0.39, 0.29) is 0 Å². The Bertz CT molecular complexity index is 649. The Balaban J connectivity index is 1.41. The summed E-state index contributed by atoms with van der Waals surface area (Å²) in [5.41, 5.74) is 3.71. The van der Waals surface area contributed by atoms with E-state index >= 15 is 0 Å². The molecule has 4 nitrogen and oxygen atoms in total. The first-order chi connectivity index (χ1) is 12.0. The van der Waals surface area contributed by atoms with Gasteiger partial charge in [-0.2, -0.15) is 0 Å². The van der Waals surface area contributed by atoms with Gasteiger partial charge in [0, 0.05) is 6.04 Å². The van der Waals surface area contributed by atoms with Crippen LogP contribution in [0.2, 0.25) is 0 Å². The van der Waals surface area contributed by atoms with Crippen LogP contribution in [0.1, 0.15) is 54.3 Å². The van der Waals surface area contributed by atoms with Crippen LogP contribution in [0.4, 0.5) is 0 Å². The van der Waals surface area contributed by atoms with Gasteiger partial charge in [-0.05, 0) is 71.7 Å². The lowest BCUT2D eigenvalue weighted by Gasteiger charge is -2.31. The van der Waals surface area contributed by atoms with E-state index in [1.807, 2.05) is 13.8 Å². The lowest BCUT2D eigenvalue weighted by molar-refractivity contribution is 0.160. The maximum absolute atomic E-state index is 5.72. The third kappa shape index (κ3) is 4.93. The molecule has 0 amide bonds. The van der Waals surface area contributed by atoms with E-state index in [0.717, 1.165) is 49.4 Å². The van der Waals surface area contributed by atoms with Crippen LogP contribution >= 0.6 is 0 Å². The van der Waals surface area contributed by atoms with Crippen LogP contribution in [0.25, 0.3) is 0 Å². The van der Waals surface area contributed by atoms with Gasteiger partial charge in [0.25, 0.3) is 0 Å². The zero-order chi connectivity index (χ0) is 17.8. The second-order valence-electron chi connectivity index (χ2n) is 7.51. The first-order valence-corrected chi connectivity index (χ1v) is 9.46. The number of benzene rings is 1. The van der Waals surface area contributed by atoms with Gasteiger partial charge in [-0.15, -0.1) is 0 Å². The van der Waals surface area contributed by atoms with Crippen molar-refractivity contribution < 1.29 is 4.42 Å². The van der Waals surface area contributed by atoms with E-state index in [0.29, 0.717) is 6.04 Å². The Morgan fingerprint density at radius 1 is 1.16 bits per heavy atom. The summed E-state index contributed by atoms with van der Waals surface area (Å²) in [5, 5.41) is 3.71. The maximum atomic E-state index is 5.72. The Morgan fingerprint density at radius 3 is 2.44 bits per heavy atom. The van der Waals surface area contributed by atoms with Crippen LogP contribution in [-0.4, -0.2) is 29.5 Å². The molecule has 136 valence electrons. The molecule has 0 saturated carbocycles. The monoisotopic (exact) mass is 341 g/mol. The summed E-state index contributed by atoms with van der Waals surface area (Å²) >= 11 is 0. The fraction of sp³-hybridized carbons (Fsp3) is 0.571. The van der Waals surface area contributed by atoms with Crippen LogP contribution in [0.15, 0.2) is 28.7 Å². The van der Waals surface area contributed by atoms with E-state index in [2.05, 4.69) is 53.3 Å². The summed E-state index contributed by atoms with van der Waals surface area (Å²) in [6.45, 7) is 12.6. The second-order valence-corrected chi connectivity index (χ2v) is 7.51. The van der Waals surface area contributed by atoms with Gasteiger partial charge in [0.15, 0.2) is 0 Å². The molecule has 2 heterocycles. The molecule has 0 aliphatic carbocycles. The second kappa shape index (κ2) is 8.15. The van der Waals surface area contributed by atoms with Gasteiger partial charge >= 0.3 is 0 Å². The maximum Gasteiger partial charge on any atom is 0.208 e. The highest BCUT2D eigenvalue weighted by Crippen LogP contribution is 2.21. The van der Waals surface area contributed by atoms with E-state index in [9.17, 15) is 0 Å². The van der Waals surface area contributed by atoms with Crippen molar-refractivity contribution in [3.8, 4) is 0 Å². The summed E-state index contributed by atoms with van der Waals surface area (Å²) in [4.78, 5) is 6.96. The topological polar surface area (TPSA) is 41.3 Å². The summed E-state index contributed by atoms with van der Waals surface area (Å²) < 4.78 is 5.72. The minimum Gasteiger partial charge on any atom is -0.444 e. The molecule has 0 radical (unpaired) electrons. The van der Waals surface area contributed by atoms with Gasteiger partial charge in [-0.3, -0.25) is 4.90 Å². The molecule has 1 aliphatic rings. The quantitative estimate of drug-likeness (QED) is 0.856. The molecule has 3 rings (SSSR count). The number of likely N-dealkylation sites (tertiary alicyclic amines) is 1.